The first kappa shape index (κ1) is 50.4. The highest BCUT2D eigenvalue weighted by Crippen LogP contribution is 2.70. The van der Waals surface area contributed by atoms with Gasteiger partial charge in [-0.2, -0.15) is 0 Å². The zero-order valence-electron chi connectivity index (χ0n) is 36.2. The van der Waals surface area contributed by atoms with Crippen LogP contribution in [0.3, 0.4) is 0 Å². The summed E-state index contributed by atoms with van der Waals surface area (Å²) in [7, 11) is -11.6. The number of phosphoric ester groups is 2. The van der Waals surface area contributed by atoms with Crippen LogP contribution < -0.4 is 15.1 Å². The zero-order chi connectivity index (χ0) is 46.3. The van der Waals surface area contributed by atoms with Gasteiger partial charge in [0.1, 0.15) is 6.10 Å². The Labute approximate surface area is 371 Å². The van der Waals surface area contributed by atoms with E-state index in [0.717, 1.165) is 10.5 Å². The first-order valence-electron chi connectivity index (χ1n) is 21.6. The Bertz CT molecular complexity index is 1930. The number of hydrogen-bond donors (Lipinski definition) is 2. The van der Waals surface area contributed by atoms with Crippen molar-refractivity contribution in [2.45, 2.75) is 89.8 Å². The molecule has 2 aliphatic heterocycles. The van der Waals surface area contributed by atoms with Crippen LogP contribution in [0.5, 0.6) is 0 Å². The summed E-state index contributed by atoms with van der Waals surface area (Å²) >= 11 is 0. The Morgan fingerprint density at radius 3 is 2.22 bits per heavy atom. The number of imide groups is 1. The molecule has 358 valence electrons. The molecule has 6 aliphatic rings. The molecule has 0 spiro atoms. The molecule has 0 aromatic rings. The minimum atomic E-state index is -5.98. The van der Waals surface area contributed by atoms with Crippen molar-refractivity contribution in [1.82, 2.24) is 10.2 Å². The molecule has 3 amide bonds. The van der Waals surface area contributed by atoms with E-state index in [1.807, 2.05) is 19.9 Å². The predicted molar refractivity (Wildman–Crippen MR) is 216 cm³/mol. The number of ether oxygens (including phenoxy) is 6. The number of carbonyl (C=O) groups is 5. The van der Waals surface area contributed by atoms with Gasteiger partial charge in [0, 0.05) is 41.9 Å². The van der Waals surface area contributed by atoms with E-state index in [2.05, 4.69) is 14.2 Å². The number of carbonyl (C=O) groups excluding carboxylic acids is 5. The highest BCUT2D eigenvalue weighted by atomic mass is 31.3. The highest BCUT2D eigenvalue weighted by molar-refractivity contribution is 7.60. The lowest BCUT2D eigenvalue weighted by Gasteiger charge is -2.59. The molecular weight excluding hydrogens is 886 g/mol. The first-order valence-corrected chi connectivity index (χ1v) is 24.6. The number of aliphatic hydroxyl groups is 1. The second-order valence-corrected chi connectivity index (χ2v) is 19.9. The smallest absolute Gasteiger partial charge is 0.347 e. The van der Waals surface area contributed by atoms with E-state index in [9.17, 15) is 48.0 Å². The van der Waals surface area contributed by atoms with Crippen molar-refractivity contribution in [3.05, 3.63) is 36.0 Å². The fraction of sp³-hybridized carbons (Fsp3) is 0.732. The quantitative estimate of drug-likeness (QED) is 0.0738. The lowest BCUT2D eigenvalue weighted by atomic mass is 9.46. The maximum atomic E-state index is 14.2. The number of amides is 3. The molecule has 3 saturated carbocycles. The van der Waals surface area contributed by atoms with Crippen molar-refractivity contribution in [3.63, 3.8) is 0 Å². The molecule has 0 radical (unpaired) electrons. The minimum Gasteiger partial charge on any atom is -0.756 e. The van der Waals surface area contributed by atoms with E-state index in [0.29, 0.717) is 38.9 Å². The van der Waals surface area contributed by atoms with Gasteiger partial charge in [-0.25, -0.2) is 9.11 Å². The van der Waals surface area contributed by atoms with E-state index in [1.165, 1.54) is 18.2 Å². The fourth-order valence-corrected chi connectivity index (χ4v) is 12.3. The van der Waals surface area contributed by atoms with Crippen molar-refractivity contribution in [2.24, 2.45) is 28.6 Å². The van der Waals surface area contributed by atoms with Crippen LogP contribution in [0.1, 0.15) is 65.7 Å². The van der Waals surface area contributed by atoms with Gasteiger partial charge in [-0.3, -0.25) is 33.2 Å². The topological polar surface area (TPSA) is 284 Å². The molecule has 4 fully saturated rings. The lowest BCUT2D eigenvalue weighted by Crippen LogP contribution is -2.63. The SMILES string of the molecule is CCCC1O[C@@H]2C[C@H]3[C@@H]4CCC5=CC(=O)C=C[C@]5(C)[C@H]4[C@@H](O)C[C@]3(C)[C@]2(C(=O)OP(=O)([O-])OP(=O)([O-])OCCNC(=O)CCOCCOCCOCCOCCN2C(=O)C=CC2=O)O1. The second-order valence-electron chi connectivity index (χ2n) is 17.0. The molecule has 21 nitrogen and oxygen atoms in total. The molecule has 4 aliphatic carbocycles. The number of nitrogens with zero attached hydrogens (tertiary/aromatic N) is 1. The third-order valence-electron chi connectivity index (χ3n) is 13.1. The van der Waals surface area contributed by atoms with E-state index in [4.69, 9.17) is 32.9 Å². The van der Waals surface area contributed by atoms with Gasteiger partial charge in [0.05, 0.1) is 72.1 Å². The van der Waals surface area contributed by atoms with Gasteiger partial charge in [0.25, 0.3) is 19.6 Å². The first-order chi connectivity index (χ1) is 30.4. The molecule has 0 aromatic heterocycles. The number of rotatable bonds is 25. The van der Waals surface area contributed by atoms with E-state index in [-0.39, 0.29) is 107 Å². The number of aliphatic hydroxyl groups excluding tert-OH is 1. The molecule has 3 unspecified atom stereocenters. The standard InChI is InChI=1S/C41H60N2O19P2/c1-4-5-36-59-32-25-30-29-7-6-27-24-28(44)10-12-39(27,2)37(29)31(45)26-40(30,3)41(32,60-36)38(49)61-64(52,53)62-63(50,51)58-16-13-42-33(46)11-15-54-18-20-56-22-23-57-21-19-55-17-14-43-34(47)8-9-35(43)48/h8-10,12,24,29-32,36-37,45H,4-7,11,13-23,25-26H2,1-3H3,(H,42,46)(H,50,51)(H,52,53)/p-2/t29-,30-,31-,32+,36?,37+,39-,40-,41-/m0/s1. The van der Waals surface area contributed by atoms with Crippen LogP contribution in [0.15, 0.2) is 36.0 Å². The van der Waals surface area contributed by atoms with Crippen LogP contribution in [-0.2, 0) is 74.9 Å². The second kappa shape index (κ2) is 21.3. The zero-order valence-corrected chi connectivity index (χ0v) is 38.0. The van der Waals surface area contributed by atoms with Gasteiger partial charge >= 0.3 is 13.8 Å². The van der Waals surface area contributed by atoms with Gasteiger partial charge in [-0.15, -0.1) is 0 Å². The van der Waals surface area contributed by atoms with Crippen molar-refractivity contribution in [3.8, 4) is 0 Å². The van der Waals surface area contributed by atoms with Gasteiger partial charge in [-0.05, 0) is 56.1 Å². The molecule has 0 aromatic carbocycles. The van der Waals surface area contributed by atoms with Crippen molar-refractivity contribution < 1.29 is 89.8 Å². The van der Waals surface area contributed by atoms with Gasteiger partial charge in [-0.1, -0.05) is 38.8 Å². The average Bonchev–Trinajstić information content (AvgIpc) is 3.83. The third kappa shape index (κ3) is 11.2. The number of hydrogen-bond acceptors (Lipinski definition) is 19. The molecule has 2 N–H and O–H groups in total. The molecular formula is C41H58N2O19P2-2. The van der Waals surface area contributed by atoms with Crippen LogP contribution in [0, 0.1) is 28.6 Å². The van der Waals surface area contributed by atoms with Crippen molar-refractivity contribution >= 4 is 45.1 Å². The number of allylic oxidation sites excluding steroid dienone is 4. The van der Waals surface area contributed by atoms with Crippen LogP contribution in [0.2, 0.25) is 0 Å². The maximum absolute atomic E-state index is 14.2. The average molecular weight is 945 g/mol. The Kier molecular flexibility index (Phi) is 16.8. The normalized spacial score (nSPS) is 33.5. The summed E-state index contributed by atoms with van der Waals surface area (Å²) < 4.78 is 73.5. The lowest BCUT2D eigenvalue weighted by molar-refractivity contribution is -0.247. The number of ketones is 1. The van der Waals surface area contributed by atoms with Crippen molar-refractivity contribution in [1.29, 1.82) is 0 Å². The largest absolute Gasteiger partial charge is 0.756 e. The summed E-state index contributed by atoms with van der Waals surface area (Å²) in [5.74, 6) is -3.58. The third-order valence-corrected chi connectivity index (χ3v) is 15.6. The summed E-state index contributed by atoms with van der Waals surface area (Å²) in [6.07, 6.45) is 6.87. The van der Waals surface area contributed by atoms with E-state index >= 15 is 0 Å². The van der Waals surface area contributed by atoms with Crippen LogP contribution in [0.4, 0.5) is 0 Å². The molecule has 6 rings (SSSR count). The predicted octanol–water partition coefficient (Wildman–Crippen LogP) is 1.17. The Morgan fingerprint density at radius 2 is 1.56 bits per heavy atom. The van der Waals surface area contributed by atoms with Gasteiger partial charge in [0.2, 0.25) is 5.91 Å². The Hall–Kier alpha value is -3.01. The highest BCUT2D eigenvalue weighted by Gasteiger charge is 2.77. The molecule has 11 atom stereocenters. The van der Waals surface area contributed by atoms with E-state index < -0.39 is 69.1 Å². The summed E-state index contributed by atoms with van der Waals surface area (Å²) in [5.41, 5.74) is -2.94. The van der Waals surface area contributed by atoms with Gasteiger partial charge in [0.15, 0.2) is 17.7 Å². The Morgan fingerprint density at radius 1 is 0.922 bits per heavy atom. The molecule has 2 heterocycles. The summed E-state index contributed by atoms with van der Waals surface area (Å²) in [6, 6.07) is 0. The fourth-order valence-electron chi connectivity index (χ4n) is 10.4. The minimum absolute atomic E-state index is 0.00284. The van der Waals surface area contributed by atoms with Crippen LogP contribution in [0.25, 0.3) is 0 Å². The molecule has 64 heavy (non-hydrogen) atoms. The van der Waals surface area contributed by atoms with Crippen LogP contribution >= 0.6 is 15.6 Å². The number of fused-ring (bicyclic) bond motifs is 7. The van der Waals surface area contributed by atoms with Gasteiger partial charge < -0.3 is 57.7 Å². The van der Waals surface area contributed by atoms with Crippen LogP contribution in [-0.4, -0.2) is 136 Å². The molecule has 1 saturated heterocycles. The Balaban J connectivity index is 0.884. The summed E-state index contributed by atoms with van der Waals surface area (Å²) in [4.78, 5) is 88.4. The summed E-state index contributed by atoms with van der Waals surface area (Å²) in [6.45, 7) is 6.49. The monoisotopic (exact) mass is 944 g/mol. The number of nitrogens with one attached hydrogen (secondary N) is 1. The molecule has 0 bridgehead atoms. The molecule has 23 heteroatoms. The summed E-state index contributed by atoms with van der Waals surface area (Å²) in [5, 5.41) is 14.3. The van der Waals surface area contributed by atoms with Crippen molar-refractivity contribution in [2.75, 3.05) is 72.6 Å². The maximum Gasteiger partial charge on any atom is 0.347 e. The number of phosphoric acid groups is 2. The van der Waals surface area contributed by atoms with E-state index in [1.54, 1.807) is 13.0 Å².